The van der Waals surface area contributed by atoms with Gasteiger partial charge in [0.1, 0.15) is 10.3 Å². The number of hydrogen-bond acceptors (Lipinski definition) is 5. The number of carbonyl (C=O) groups excluding carboxylic acids is 1. The molecule has 3 heterocycles. The molecule has 36 heavy (non-hydrogen) atoms. The highest BCUT2D eigenvalue weighted by Crippen LogP contribution is 2.41. The summed E-state index contributed by atoms with van der Waals surface area (Å²) in [5.41, 5.74) is 7.07. The highest BCUT2D eigenvalue weighted by atomic mass is 32.1. The van der Waals surface area contributed by atoms with Crippen LogP contribution in [0.1, 0.15) is 34.7 Å². The lowest BCUT2D eigenvalue weighted by Crippen LogP contribution is -2.39. The van der Waals surface area contributed by atoms with Gasteiger partial charge in [-0.2, -0.15) is 0 Å². The van der Waals surface area contributed by atoms with Gasteiger partial charge in [0.15, 0.2) is 4.80 Å². The van der Waals surface area contributed by atoms with Crippen LogP contribution >= 0.6 is 11.3 Å². The molecule has 176 valence electrons. The zero-order valence-electron chi connectivity index (χ0n) is 19.4. The number of carbonyl (C=O) groups is 1. The number of anilines is 1. The Kier molecular flexibility index (Phi) is 4.62. The maximum atomic E-state index is 14.1. The van der Waals surface area contributed by atoms with Gasteiger partial charge in [-0.1, -0.05) is 65.9 Å². The number of rotatable bonds is 2. The van der Waals surface area contributed by atoms with Crippen molar-refractivity contribution in [2.45, 2.75) is 18.9 Å². The first-order valence-electron chi connectivity index (χ1n) is 11.8. The Morgan fingerprint density at radius 1 is 0.972 bits per heavy atom. The molecular weight excluding hydrogens is 470 g/mol. The summed E-state index contributed by atoms with van der Waals surface area (Å²) < 4.78 is 7.70. The molecule has 7 rings (SSSR count). The van der Waals surface area contributed by atoms with E-state index in [4.69, 9.17) is 9.73 Å². The number of thiazole rings is 1. The molecule has 0 fully saturated rings. The fourth-order valence-electron chi connectivity index (χ4n) is 5.53. The van der Waals surface area contributed by atoms with Gasteiger partial charge in [-0.3, -0.25) is 14.2 Å². The average Bonchev–Trinajstić information content (AvgIpc) is 3.42. The minimum atomic E-state index is -0.325. The number of aryl methyl sites for hydroxylation is 1. The largest absolute Gasteiger partial charge is 0.497 e. The van der Waals surface area contributed by atoms with E-state index in [1.54, 1.807) is 11.7 Å². The van der Waals surface area contributed by atoms with Gasteiger partial charge in [0.05, 0.1) is 24.4 Å². The second-order valence-corrected chi connectivity index (χ2v) is 10.1. The Hall–Kier alpha value is -4.23. The highest BCUT2D eigenvalue weighted by molar-refractivity contribution is 7.07. The number of fused-ring (bicyclic) bond motifs is 4. The number of ether oxygens (including phenoxy) is 1. The summed E-state index contributed by atoms with van der Waals surface area (Å²) in [5, 5.41) is 2.90. The number of benzene rings is 3. The minimum absolute atomic E-state index is 0.196. The fourth-order valence-corrected chi connectivity index (χ4v) is 6.62. The zero-order valence-corrected chi connectivity index (χ0v) is 20.3. The van der Waals surface area contributed by atoms with Crippen molar-refractivity contribution in [3.63, 3.8) is 0 Å². The average molecular weight is 492 g/mol. The molecule has 0 saturated heterocycles. The lowest BCUT2D eigenvalue weighted by atomic mass is 9.83. The molecule has 1 N–H and O–H groups in total. The summed E-state index contributed by atoms with van der Waals surface area (Å²) in [6.45, 7) is 0. The van der Waals surface area contributed by atoms with Crippen molar-refractivity contribution in [2.24, 2.45) is 4.99 Å². The molecule has 0 bridgehead atoms. The molecule has 0 saturated carbocycles. The van der Waals surface area contributed by atoms with Gasteiger partial charge in [0, 0.05) is 16.8 Å². The Morgan fingerprint density at radius 2 is 1.78 bits per heavy atom. The van der Waals surface area contributed by atoms with Crippen molar-refractivity contribution >= 4 is 34.2 Å². The predicted molar refractivity (Wildman–Crippen MR) is 140 cm³/mol. The first-order valence-corrected chi connectivity index (χ1v) is 12.7. The monoisotopic (exact) mass is 491 g/mol. The van der Waals surface area contributed by atoms with Crippen LogP contribution in [0.3, 0.4) is 0 Å². The molecule has 0 spiro atoms. The fraction of sp³-hybridized carbons (Fsp3) is 0.138. The van der Waals surface area contributed by atoms with Gasteiger partial charge in [-0.15, -0.1) is 0 Å². The third-order valence-corrected chi connectivity index (χ3v) is 8.21. The maximum absolute atomic E-state index is 14.1. The standard InChI is InChI=1S/C29H21N3O3S/c1-35-18-9-6-8-17(15-18)25-21-14-13-16-7-2-3-10-19(16)24(21)31-29-32(25)28(34)26(36-29)23-20-11-4-5-12-22(20)30-27(23)33/h2-12,15,25H,13-14H2,1H3,(H,30,33)/b26-23-. The summed E-state index contributed by atoms with van der Waals surface area (Å²) in [6, 6.07) is 23.4. The van der Waals surface area contributed by atoms with Crippen LogP contribution in [0.5, 0.6) is 5.75 Å². The van der Waals surface area contributed by atoms with Crippen molar-refractivity contribution in [2.75, 3.05) is 12.4 Å². The normalized spacial score (nSPS) is 19.0. The van der Waals surface area contributed by atoms with E-state index >= 15 is 0 Å². The Labute approximate surface area is 210 Å². The number of para-hydroxylation sites is 1. The van der Waals surface area contributed by atoms with E-state index in [2.05, 4.69) is 23.5 Å². The van der Waals surface area contributed by atoms with Gasteiger partial charge < -0.3 is 10.1 Å². The van der Waals surface area contributed by atoms with Crippen LogP contribution < -0.4 is 24.9 Å². The maximum Gasteiger partial charge on any atom is 0.271 e. The molecule has 7 heteroatoms. The van der Waals surface area contributed by atoms with E-state index in [1.165, 1.54) is 16.9 Å². The summed E-state index contributed by atoms with van der Waals surface area (Å²) in [6.07, 6.45) is 1.69. The lowest BCUT2D eigenvalue weighted by Gasteiger charge is -2.31. The van der Waals surface area contributed by atoms with Crippen molar-refractivity contribution < 1.29 is 9.53 Å². The molecule has 6 nitrogen and oxygen atoms in total. The van der Waals surface area contributed by atoms with E-state index in [-0.39, 0.29) is 17.5 Å². The SMILES string of the molecule is COc1cccc(C2C3=C(N=c4s/c(=C5\C(=O)Nc6ccccc65)c(=O)n42)c2ccccc2CC3)c1. The van der Waals surface area contributed by atoms with Gasteiger partial charge >= 0.3 is 0 Å². The molecule has 4 aromatic rings. The van der Waals surface area contributed by atoms with Crippen molar-refractivity contribution in [1.82, 2.24) is 4.57 Å². The molecule has 1 atom stereocenters. The minimum Gasteiger partial charge on any atom is -0.497 e. The van der Waals surface area contributed by atoms with E-state index < -0.39 is 0 Å². The van der Waals surface area contributed by atoms with Crippen LogP contribution in [-0.2, 0) is 11.2 Å². The molecule has 1 aliphatic carbocycles. The van der Waals surface area contributed by atoms with E-state index in [9.17, 15) is 9.59 Å². The molecule has 3 aliphatic rings. The Morgan fingerprint density at radius 3 is 2.64 bits per heavy atom. The second kappa shape index (κ2) is 7.90. The molecule has 1 amide bonds. The van der Waals surface area contributed by atoms with E-state index in [0.717, 1.165) is 52.2 Å². The topological polar surface area (TPSA) is 72.7 Å². The molecule has 2 aliphatic heterocycles. The van der Waals surface area contributed by atoms with Crippen molar-refractivity contribution in [3.8, 4) is 5.75 Å². The highest BCUT2D eigenvalue weighted by Gasteiger charge is 2.34. The number of nitrogens with one attached hydrogen (secondary N) is 1. The molecule has 3 aromatic carbocycles. The summed E-state index contributed by atoms with van der Waals surface area (Å²) in [7, 11) is 1.64. The van der Waals surface area contributed by atoms with Crippen LogP contribution in [0, 0.1) is 0 Å². The Balaban J connectivity index is 1.56. The van der Waals surface area contributed by atoms with Gasteiger partial charge in [-0.05, 0) is 47.7 Å². The number of allylic oxidation sites excluding steroid dienone is 1. The van der Waals surface area contributed by atoms with Gasteiger partial charge in [-0.25, -0.2) is 4.99 Å². The third-order valence-electron chi connectivity index (χ3n) is 7.16. The number of aromatic nitrogens is 1. The van der Waals surface area contributed by atoms with E-state index in [1.807, 2.05) is 54.6 Å². The van der Waals surface area contributed by atoms with Crippen LogP contribution in [0.4, 0.5) is 5.69 Å². The van der Waals surface area contributed by atoms with Crippen LogP contribution in [0.25, 0.3) is 11.3 Å². The van der Waals surface area contributed by atoms with Crippen molar-refractivity contribution in [3.05, 3.63) is 120 Å². The smallest absolute Gasteiger partial charge is 0.271 e. The molecule has 1 aromatic heterocycles. The number of nitrogens with zero attached hydrogens (tertiary/aromatic N) is 2. The lowest BCUT2D eigenvalue weighted by molar-refractivity contribution is -0.110. The molecule has 0 radical (unpaired) electrons. The quantitative estimate of drug-likeness (QED) is 0.465. The van der Waals surface area contributed by atoms with Crippen LogP contribution in [-0.4, -0.2) is 17.6 Å². The van der Waals surface area contributed by atoms with Gasteiger partial charge in [0.2, 0.25) is 0 Å². The summed E-state index contributed by atoms with van der Waals surface area (Å²) in [4.78, 5) is 32.7. The zero-order chi connectivity index (χ0) is 24.4. The first kappa shape index (κ1) is 21.1. The number of hydrogen-bond donors (Lipinski definition) is 1. The number of methoxy groups -OCH3 is 1. The van der Waals surface area contributed by atoms with Crippen molar-refractivity contribution in [1.29, 1.82) is 0 Å². The first-order chi connectivity index (χ1) is 17.6. The molecular formula is C29H21N3O3S. The summed E-state index contributed by atoms with van der Waals surface area (Å²) in [5.74, 6) is 0.477. The predicted octanol–water partition coefficient (Wildman–Crippen LogP) is 3.65. The van der Waals surface area contributed by atoms with E-state index in [0.29, 0.717) is 14.9 Å². The Bertz CT molecular complexity index is 1810. The van der Waals surface area contributed by atoms with Crippen LogP contribution in [0.15, 0.2) is 88.2 Å². The van der Waals surface area contributed by atoms with Crippen LogP contribution in [0.2, 0.25) is 0 Å². The second-order valence-electron chi connectivity index (χ2n) is 9.09. The summed E-state index contributed by atoms with van der Waals surface area (Å²) >= 11 is 1.29. The molecule has 1 unspecified atom stereocenters. The third kappa shape index (κ3) is 2.99. The number of amides is 1. The van der Waals surface area contributed by atoms with Gasteiger partial charge in [0.25, 0.3) is 11.5 Å².